The first kappa shape index (κ1) is 29.1. The maximum Gasteiger partial charge on any atom is 0.243 e. The van der Waals surface area contributed by atoms with Crippen LogP contribution in [-0.4, -0.2) is 78.3 Å². The Kier molecular flexibility index (Phi) is 10.8. The Balaban J connectivity index is 2.22. The van der Waals surface area contributed by atoms with Crippen molar-refractivity contribution in [2.75, 3.05) is 19.6 Å². The van der Waals surface area contributed by atoms with Crippen LogP contribution in [0.15, 0.2) is 24.3 Å². The number of phenols is 1. The zero-order valence-electron chi connectivity index (χ0n) is 21.1. The van der Waals surface area contributed by atoms with Crippen LogP contribution in [-0.2, 0) is 35.2 Å². The highest BCUT2D eigenvalue weighted by molar-refractivity contribution is 5.96. The molecule has 1 fully saturated rings. The number of carbonyl (C=O) groups excluding carboxylic acids is 6. The molecule has 2 rings (SSSR count). The smallest absolute Gasteiger partial charge is 0.243 e. The minimum absolute atomic E-state index is 0.0289. The molecule has 0 unspecified atom stereocenters. The SMILES string of the molecule is CC(C)C[C@@H]1NC(=O)[C@H](C)NC(=O)CNC(=O)CNC(=O)[C@H](Cc2ccc(O)cc2)NC(=O)CNC1=O. The molecule has 37 heavy (non-hydrogen) atoms. The molecule has 1 aliphatic heterocycles. The summed E-state index contributed by atoms with van der Waals surface area (Å²) in [5.41, 5.74) is 0.624. The van der Waals surface area contributed by atoms with Crippen molar-refractivity contribution in [1.29, 1.82) is 0 Å². The van der Waals surface area contributed by atoms with Crippen LogP contribution < -0.4 is 31.9 Å². The van der Waals surface area contributed by atoms with Crippen LogP contribution in [0.1, 0.15) is 32.8 Å². The summed E-state index contributed by atoms with van der Waals surface area (Å²) >= 11 is 0. The predicted octanol–water partition coefficient (Wildman–Crippen LogP) is -2.18. The first-order valence-electron chi connectivity index (χ1n) is 11.9. The van der Waals surface area contributed by atoms with Crippen LogP contribution >= 0.6 is 0 Å². The van der Waals surface area contributed by atoms with E-state index >= 15 is 0 Å². The van der Waals surface area contributed by atoms with Crippen LogP contribution in [0.5, 0.6) is 5.75 Å². The van der Waals surface area contributed by atoms with Crippen LogP contribution in [0.25, 0.3) is 0 Å². The lowest BCUT2D eigenvalue weighted by Gasteiger charge is -2.23. The Morgan fingerprint density at radius 3 is 1.89 bits per heavy atom. The van der Waals surface area contributed by atoms with Crippen LogP contribution in [0, 0.1) is 5.92 Å². The Morgan fingerprint density at radius 1 is 0.730 bits per heavy atom. The van der Waals surface area contributed by atoms with Gasteiger partial charge in [-0.25, -0.2) is 0 Å². The first-order chi connectivity index (χ1) is 17.4. The van der Waals surface area contributed by atoms with E-state index in [4.69, 9.17) is 0 Å². The molecule has 202 valence electrons. The summed E-state index contributed by atoms with van der Waals surface area (Å²) in [5.74, 6) is -3.74. The van der Waals surface area contributed by atoms with E-state index in [1.807, 2.05) is 13.8 Å². The average Bonchev–Trinajstić information content (AvgIpc) is 2.84. The molecule has 1 aromatic carbocycles. The molecule has 0 spiro atoms. The van der Waals surface area contributed by atoms with Crippen LogP contribution in [0.2, 0.25) is 0 Å². The molecular formula is C24H34N6O7. The van der Waals surface area contributed by atoms with E-state index in [1.165, 1.54) is 19.1 Å². The Labute approximate surface area is 214 Å². The summed E-state index contributed by atoms with van der Waals surface area (Å²) in [6.45, 7) is 3.79. The molecule has 6 amide bonds. The average molecular weight is 519 g/mol. The van der Waals surface area contributed by atoms with Gasteiger partial charge in [0.2, 0.25) is 35.4 Å². The lowest BCUT2D eigenvalue weighted by Crippen LogP contribution is -2.56. The Hall–Kier alpha value is -4.16. The molecule has 0 bridgehead atoms. The monoisotopic (exact) mass is 518 g/mol. The van der Waals surface area contributed by atoms with Gasteiger partial charge in [-0.3, -0.25) is 28.8 Å². The normalized spacial score (nSPS) is 23.0. The summed E-state index contributed by atoms with van der Waals surface area (Å²) in [6.07, 6.45) is 0.321. The maximum absolute atomic E-state index is 12.8. The van der Waals surface area contributed by atoms with Crippen molar-refractivity contribution < 1.29 is 33.9 Å². The molecule has 1 aromatic rings. The number of amides is 6. The van der Waals surface area contributed by atoms with Crippen LogP contribution in [0.4, 0.5) is 0 Å². The Morgan fingerprint density at radius 2 is 1.27 bits per heavy atom. The van der Waals surface area contributed by atoms with Crippen molar-refractivity contribution in [3.8, 4) is 5.75 Å². The number of aromatic hydroxyl groups is 1. The third kappa shape index (κ3) is 10.2. The second kappa shape index (κ2) is 13.8. The topological polar surface area (TPSA) is 195 Å². The highest BCUT2D eigenvalue weighted by atomic mass is 16.3. The molecule has 0 saturated carbocycles. The van der Waals surface area contributed by atoms with E-state index in [-0.39, 0.29) is 24.5 Å². The van der Waals surface area contributed by atoms with Crippen LogP contribution in [0.3, 0.4) is 0 Å². The zero-order valence-corrected chi connectivity index (χ0v) is 21.1. The number of benzene rings is 1. The summed E-state index contributed by atoms with van der Waals surface area (Å²) in [5, 5.41) is 24.2. The number of carbonyl (C=O) groups is 6. The van der Waals surface area contributed by atoms with Gasteiger partial charge >= 0.3 is 0 Å². The van der Waals surface area contributed by atoms with Gasteiger partial charge in [0.15, 0.2) is 0 Å². The fraction of sp³-hybridized carbons (Fsp3) is 0.500. The Bertz CT molecular complexity index is 1010. The third-order valence-corrected chi connectivity index (χ3v) is 5.43. The number of nitrogens with one attached hydrogen (secondary N) is 6. The largest absolute Gasteiger partial charge is 0.508 e. The number of rotatable bonds is 4. The van der Waals surface area contributed by atoms with Gasteiger partial charge in [0.1, 0.15) is 23.9 Å². The van der Waals surface area contributed by atoms with Gasteiger partial charge < -0.3 is 37.0 Å². The van der Waals surface area contributed by atoms with Crippen molar-refractivity contribution in [2.24, 2.45) is 5.92 Å². The summed E-state index contributed by atoms with van der Waals surface area (Å²) in [6, 6.07) is 2.96. The molecule has 13 nitrogen and oxygen atoms in total. The second-order valence-corrected chi connectivity index (χ2v) is 9.18. The van der Waals surface area contributed by atoms with E-state index in [2.05, 4.69) is 31.9 Å². The molecule has 0 aromatic heterocycles. The lowest BCUT2D eigenvalue weighted by atomic mass is 10.0. The minimum atomic E-state index is -1.10. The van der Waals surface area contributed by atoms with E-state index in [9.17, 15) is 33.9 Å². The van der Waals surface area contributed by atoms with Gasteiger partial charge in [-0.2, -0.15) is 0 Å². The van der Waals surface area contributed by atoms with Crippen molar-refractivity contribution >= 4 is 35.4 Å². The second-order valence-electron chi connectivity index (χ2n) is 9.18. The van der Waals surface area contributed by atoms with E-state index in [1.54, 1.807) is 12.1 Å². The van der Waals surface area contributed by atoms with Gasteiger partial charge in [-0.05, 0) is 37.0 Å². The predicted molar refractivity (Wildman–Crippen MR) is 132 cm³/mol. The molecule has 0 radical (unpaired) electrons. The van der Waals surface area contributed by atoms with Crippen molar-refractivity contribution in [3.05, 3.63) is 29.8 Å². The molecule has 1 aliphatic rings. The molecule has 7 N–H and O–H groups in total. The highest BCUT2D eigenvalue weighted by Gasteiger charge is 2.27. The fourth-order valence-electron chi connectivity index (χ4n) is 3.50. The molecule has 13 heteroatoms. The van der Waals surface area contributed by atoms with Gasteiger partial charge in [-0.1, -0.05) is 26.0 Å². The standard InChI is InChI=1S/C24H34N6O7/c1-13(2)8-17-23(36)27-12-21(34)29-18(9-15-4-6-16(31)7-5-15)24(37)26-10-19(32)25-11-20(33)28-14(3)22(35)30-17/h4-7,13-14,17-18,31H,8-12H2,1-3H3,(H,25,32)(H,26,37)(H,27,36)(H,28,33)(H,29,34)(H,30,35)/t14-,17-,18-/m0/s1. The van der Waals surface area contributed by atoms with Crippen molar-refractivity contribution in [2.45, 2.75) is 51.7 Å². The number of hydrogen-bond acceptors (Lipinski definition) is 7. The summed E-state index contributed by atoms with van der Waals surface area (Å²) in [7, 11) is 0. The third-order valence-electron chi connectivity index (χ3n) is 5.43. The van der Waals surface area contributed by atoms with E-state index in [0.29, 0.717) is 5.56 Å². The molecule has 1 saturated heterocycles. The van der Waals surface area contributed by atoms with Crippen molar-refractivity contribution in [3.63, 3.8) is 0 Å². The van der Waals surface area contributed by atoms with Crippen molar-refractivity contribution in [1.82, 2.24) is 31.9 Å². The van der Waals surface area contributed by atoms with Gasteiger partial charge in [-0.15, -0.1) is 0 Å². The van der Waals surface area contributed by atoms with Gasteiger partial charge in [0.05, 0.1) is 19.6 Å². The van der Waals surface area contributed by atoms with E-state index < -0.39 is 73.2 Å². The minimum Gasteiger partial charge on any atom is -0.508 e. The lowest BCUT2D eigenvalue weighted by molar-refractivity contribution is -0.133. The molecule has 3 atom stereocenters. The zero-order chi connectivity index (χ0) is 27.5. The summed E-state index contributed by atoms with van der Waals surface area (Å²) < 4.78 is 0. The number of phenolic OH excluding ortho intramolecular Hbond substituents is 1. The van der Waals surface area contributed by atoms with Gasteiger partial charge in [0.25, 0.3) is 0 Å². The molecular weight excluding hydrogens is 484 g/mol. The molecule has 1 heterocycles. The highest BCUT2D eigenvalue weighted by Crippen LogP contribution is 2.11. The first-order valence-corrected chi connectivity index (χ1v) is 11.9. The quantitative estimate of drug-likeness (QED) is 0.235. The number of hydrogen-bond donors (Lipinski definition) is 7. The van der Waals surface area contributed by atoms with Gasteiger partial charge in [0, 0.05) is 6.42 Å². The fourth-order valence-corrected chi connectivity index (χ4v) is 3.50. The van der Waals surface area contributed by atoms with E-state index in [0.717, 1.165) is 0 Å². The molecule has 0 aliphatic carbocycles. The summed E-state index contributed by atoms with van der Waals surface area (Å²) in [4.78, 5) is 75.0. The maximum atomic E-state index is 12.8.